The number of hydrogen-bond donors (Lipinski definition) is 3. The zero-order chi connectivity index (χ0) is 24.9. The molecule has 2 aromatic carbocycles. The van der Waals surface area contributed by atoms with Gasteiger partial charge in [0.05, 0.1) is 12.3 Å². The number of hydrogen-bond acceptors (Lipinski definition) is 6. The van der Waals surface area contributed by atoms with Crippen molar-refractivity contribution < 1.29 is 9.90 Å². The molecule has 0 spiro atoms. The van der Waals surface area contributed by atoms with Gasteiger partial charge in [-0.15, -0.1) is 0 Å². The lowest BCUT2D eigenvalue weighted by Crippen LogP contribution is -2.40. The topological polar surface area (TPSA) is 90.4 Å². The summed E-state index contributed by atoms with van der Waals surface area (Å²) in [5, 5.41) is 15.7. The highest BCUT2D eigenvalue weighted by molar-refractivity contribution is 9.10. The highest BCUT2D eigenvalue weighted by Crippen LogP contribution is 2.26. The maximum Gasteiger partial charge on any atom is 0.251 e. The third kappa shape index (κ3) is 7.09. The van der Waals surface area contributed by atoms with Gasteiger partial charge in [-0.2, -0.15) is 0 Å². The molecule has 0 radical (unpaired) electrons. The molecular formula is C26H32BrN5O2. The molecule has 0 saturated carbocycles. The molecule has 0 fully saturated rings. The summed E-state index contributed by atoms with van der Waals surface area (Å²) in [6, 6.07) is 13.1. The standard InChI is InChI=1S/C26H32BrN5O2/c1-17-13-28-25(31-23(17)19-8-6-7-18(9-19)14-33)30-22-11-20(10-21(27)12-22)24(34)29-15-26(2,3)16-32(4)5/h6-13,33H,14-16H2,1-5H3,(H,29,34)(H,28,30,31). The number of aryl methyl sites for hydroxylation is 1. The number of rotatable bonds is 9. The molecule has 0 bridgehead atoms. The molecule has 0 saturated heterocycles. The lowest BCUT2D eigenvalue weighted by atomic mass is 9.93. The van der Waals surface area contributed by atoms with Crippen molar-refractivity contribution in [3.63, 3.8) is 0 Å². The normalized spacial score (nSPS) is 11.5. The number of carbonyl (C=O) groups is 1. The fourth-order valence-electron chi connectivity index (χ4n) is 3.87. The highest BCUT2D eigenvalue weighted by Gasteiger charge is 2.20. The van der Waals surface area contributed by atoms with Crippen molar-refractivity contribution in [2.24, 2.45) is 5.41 Å². The van der Waals surface area contributed by atoms with Crippen molar-refractivity contribution in [1.29, 1.82) is 0 Å². The quantitative estimate of drug-likeness (QED) is 0.372. The van der Waals surface area contributed by atoms with Gasteiger partial charge in [0.2, 0.25) is 5.95 Å². The number of benzene rings is 2. The summed E-state index contributed by atoms with van der Waals surface area (Å²) in [4.78, 5) is 24.1. The van der Waals surface area contributed by atoms with Crippen molar-refractivity contribution >= 4 is 33.5 Å². The Bertz CT molecular complexity index is 1160. The summed E-state index contributed by atoms with van der Waals surface area (Å²) < 4.78 is 0.776. The number of nitrogens with one attached hydrogen (secondary N) is 2. The molecule has 0 unspecified atom stereocenters. The van der Waals surface area contributed by atoms with Crippen LogP contribution in [0.5, 0.6) is 0 Å². The highest BCUT2D eigenvalue weighted by atomic mass is 79.9. The van der Waals surface area contributed by atoms with Gasteiger partial charge in [-0.25, -0.2) is 9.97 Å². The SMILES string of the molecule is Cc1cnc(Nc2cc(Br)cc(C(=O)NCC(C)(C)CN(C)C)c2)nc1-c1cccc(CO)c1. The zero-order valence-corrected chi connectivity index (χ0v) is 21.9. The minimum Gasteiger partial charge on any atom is -0.392 e. The van der Waals surface area contributed by atoms with Gasteiger partial charge in [0, 0.05) is 40.6 Å². The second-order valence-electron chi connectivity index (χ2n) is 9.52. The van der Waals surface area contributed by atoms with Gasteiger partial charge in [-0.1, -0.05) is 48.0 Å². The van der Waals surface area contributed by atoms with Crippen LogP contribution in [0.4, 0.5) is 11.6 Å². The number of aromatic nitrogens is 2. The first-order chi connectivity index (χ1) is 16.1. The first-order valence-electron chi connectivity index (χ1n) is 11.1. The maximum absolute atomic E-state index is 12.9. The third-order valence-electron chi connectivity index (χ3n) is 5.24. The van der Waals surface area contributed by atoms with Gasteiger partial charge < -0.3 is 20.6 Å². The van der Waals surface area contributed by atoms with Crippen LogP contribution in [0.25, 0.3) is 11.3 Å². The number of carbonyl (C=O) groups excluding carboxylic acids is 1. The summed E-state index contributed by atoms with van der Waals surface area (Å²) in [5.41, 5.74) is 4.63. The first kappa shape index (κ1) is 25.8. The van der Waals surface area contributed by atoms with E-state index in [1.807, 2.05) is 51.4 Å². The Labute approximate surface area is 209 Å². The van der Waals surface area contributed by atoms with Crippen LogP contribution in [-0.2, 0) is 6.61 Å². The Kier molecular flexibility index (Phi) is 8.41. The van der Waals surface area contributed by atoms with E-state index in [0.29, 0.717) is 23.7 Å². The van der Waals surface area contributed by atoms with Crippen molar-refractivity contribution in [3.8, 4) is 11.3 Å². The van der Waals surface area contributed by atoms with Gasteiger partial charge in [-0.05, 0) is 61.8 Å². The van der Waals surface area contributed by atoms with Crippen LogP contribution in [0.3, 0.4) is 0 Å². The zero-order valence-electron chi connectivity index (χ0n) is 20.3. The van der Waals surface area contributed by atoms with Gasteiger partial charge in [0.25, 0.3) is 5.91 Å². The van der Waals surface area contributed by atoms with E-state index >= 15 is 0 Å². The molecule has 8 heteroatoms. The second kappa shape index (κ2) is 11.1. The predicted octanol–water partition coefficient (Wildman–Crippen LogP) is 4.77. The molecular weight excluding hydrogens is 494 g/mol. The number of aliphatic hydroxyl groups is 1. The number of aliphatic hydroxyl groups excluding tert-OH is 1. The molecule has 7 nitrogen and oxygen atoms in total. The summed E-state index contributed by atoms with van der Waals surface area (Å²) in [6.45, 7) is 7.61. The number of nitrogens with zero attached hydrogens (tertiary/aromatic N) is 3. The van der Waals surface area contributed by atoms with Crippen LogP contribution in [0.2, 0.25) is 0 Å². The fraction of sp³-hybridized carbons (Fsp3) is 0.346. The van der Waals surface area contributed by atoms with Crippen molar-refractivity contribution in [3.05, 3.63) is 69.8 Å². The second-order valence-corrected chi connectivity index (χ2v) is 10.4. The van der Waals surface area contributed by atoms with E-state index in [0.717, 1.165) is 33.4 Å². The smallest absolute Gasteiger partial charge is 0.251 e. The molecule has 0 atom stereocenters. The van der Waals surface area contributed by atoms with E-state index in [1.165, 1.54) is 0 Å². The van der Waals surface area contributed by atoms with Crippen LogP contribution in [0.15, 0.2) is 53.1 Å². The van der Waals surface area contributed by atoms with E-state index in [-0.39, 0.29) is 17.9 Å². The fourth-order valence-corrected chi connectivity index (χ4v) is 4.36. The number of anilines is 2. The van der Waals surface area contributed by atoms with E-state index in [1.54, 1.807) is 18.3 Å². The van der Waals surface area contributed by atoms with Crippen molar-refractivity contribution in [2.75, 3.05) is 32.5 Å². The molecule has 3 aromatic rings. The van der Waals surface area contributed by atoms with Crippen molar-refractivity contribution in [2.45, 2.75) is 27.4 Å². The molecule has 0 aliphatic rings. The maximum atomic E-state index is 12.9. The first-order valence-corrected chi connectivity index (χ1v) is 11.9. The number of amides is 1. The minimum absolute atomic E-state index is 0.0295. The Morgan fingerprint density at radius 3 is 2.65 bits per heavy atom. The molecule has 1 aromatic heterocycles. The van der Waals surface area contributed by atoms with E-state index in [4.69, 9.17) is 0 Å². The summed E-state index contributed by atoms with van der Waals surface area (Å²) in [6.07, 6.45) is 1.76. The van der Waals surface area contributed by atoms with Gasteiger partial charge in [0.1, 0.15) is 0 Å². The lowest BCUT2D eigenvalue weighted by molar-refractivity contribution is 0.0929. The number of halogens is 1. The molecule has 34 heavy (non-hydrogen) atoms. The largest absolute Gasteiger partial charge is 0.392 e. The van der Waals surface area contributed by atoms with Crippen LogP contribution in [0.1, 0.15) is 35.3 Å². The van der Waals surface area contributed by atoms with Gasteiger partial charge in [-0.3, -0.25) is 4.79 Å². The molecule has 0 aliphatic heterocycles. The molecule has 1 amide bonds. The van der Waals surface area contributed by atoms with Crippen LogP contribution in [0, 0.1) is 12.3 Å². The predicted molar refractivity (Wildman–Crippen MR) is 140 cm³/mol. The molecule has 180 valence electrons. The Morgan fingerprint density at radius 2 is 1.94 bits per heavy atom. The minimum atomic E-state index is -0.137. The van der Waals surface area contributed by atoms with Crippen LogP contribution in [-0.4, -0.2) is 53.1 Å². The summed E-state index contributed by atoms with van der Waals surface area (Å²) in [7, 11) is 4.05. The molecule has 1 heterocycles. The van der Waals surface area contributed by atoms with Gasteiger partial charge >= 0.3 is 0 Å². The molecule has 0 aliphatic carbocycles. The third-order valence-corrected chi connectivity index (χ3v) is 5.70. The molecule has 3 rings (SSSR count). The Morgan fingerprint density at radius 1 is 1.18 bits per heavy atom. The average molecular weight is 526 g/mol. The Balaban J connectivity index is 1.79. The van der Waals surface area contributed by atoms with E-state index in [9.17, 15) is 9.90 Å². The van der Waals surface area contributed by atoms with Crippen LogP contribution < -0.4 is 10.6 Å². The van der Waals surface area contributed by atoms with Gasteiger partial charge in [0.15, 0.2) is 0 Å². The average Bonchev–Trinajstić information content (AvgIpc) is 2.77. The van der Waals surface area contributed by atoms with E-state index < -0.39 is 0 Å². The van der Waals surface area contributed by atoms with Crippen molar-refractivity contribution in [1.82, 2.24) is 20.2 Å². The summed E-state index contributed by atoms with van der Waals surface area (Å²) >= 11 is 3.51. The monoisotopic (exact) mass is 525 g/mol. The van der Waals surface area contributed by atoms with Crippen LogP contribution >= 0.6 is 15.9 Å². The Hall–Kier alpha value is -2.81. The lowest BCUT2D eigenvalue weighted by Gasteiger charge is -2.28. The summed E-state index contributed by atoms with van der Waals surface area (Å²) in [5.74, 6) is 0.286. The molecule has 3 N–H and O–H groups in total. The van der Waals surface area contributed by atoms with E-state index in [2.05, 4.69) is 55.3 Å².